The quantitative estimate of drug-likeness (QED) is 0.915. The average molecular weight is 302 g/mol. The number of likely N-dealkylation sites (N-methyl/N-ethyl adjacent to an activating group) is 1. The van der Waals surface area contributed by atoms with Crippen molar-refractivity contribution in [3.05, 3.63) is 29.3 Å². The monoisotopic (exact) mass is 302 g/mol. The van der Waals surface area contributed by atoms with Crippen molar-refractivity contribution in [2.24, 2.45) is 5.92 Å². The molecule has 5 nitrogen and oxygen atoms in total. The van der Waals surface area contributed by atoms with Crippen LogP contribution in [0.1, 0.15) is 35.2 Å². The molecule has 1 heterocycles. The van der Waals surface area contributed by atoms with Crippen LogP contribution in [0, 0.1) is 5.92 Å². The van der Waals surface area contributed by atoms with E-state index in [2.05, 4.69) is 0 Å². The molecule has 1 saturated carbocycles. The predicted molar refractivity (Wildman–Crippen MR) is 83.9 cm³/mol. The zero-order valence-corrected chi connectivity index (χ0v) is 13.1. The lowest BCUT2D eigenvalue weighted by molar-refractivity contribution is -0.118. The van der Waals surface area contributed by atoms with E-state index in [0.717, 1.165) is 24.1 Å². The molecular weight excluding hydrogens is 280 g/mol. The topological polar surface area (TPSA) is 60.9 Å². The van der Waals surface area contributed by atoms with Crippen molar-refractivity contribution >= 4 is 17.5 Å². The van der Waals surface area contributed by atoms with Crippen LogP contribution in [0.15, 0.2) is 18.2 Å². The van der Waals surface area contributed by atoms with E-state index in [1.165, 1.54) is 0 Å². The van der Waals surface area contributed by atoms with E-state index >= 15 is 0 Å². The van der Waals surface area contributed by atoms with Crippen molar-refractivity contribution < 1.29 is 14.7 Å². The summed E-state index contributed by atoms with van der Waals surface area (Å²) in [6.07, 6.45) is 2.85. The van der Waals surface area contributed by atoms with E-state index in [4.69, 9.17) is 0 Å². The lowest BCUT2D eigenvalue weighted by Crippen LogP contribution is -2.35. The van der Waals surface area contributed by atoms with Gasteiger partial charge in [-0.2, -0.15) is 0 Å². The van der Waals surface area contributed by atoms with Gasteiger partial charge in [-0.25, -0.2) is 0 Å². The fraction of sp³-hybridized carbons (Fsp3) is 0.529. The highest BCUT2D eigenvalue weighted by atomic mass is 16.3. The molecule has 0 bridgehead atoms. The van der Waals surface area contributed by atoms with Crippen LogP contribution in [-0.4, -0.2) is 48.6 Å². The molecule has 1 fully saturated rings. The molecule has 0 radical (unpaired) electrons. The molecule has 3 rings (SSSR count). The first-order valence-corrected chi connectivity index (χ1v) is 7.80. The van der Waals surface area contributed by atoms with Crippen LogP contribution in [0.4, 0.5) is 5.69 Å². The Kier molecular flexibility index (Phi) is 3.91. The van der Waals surface area contributed by atoms with Gasteiger partial charge in [0.15, 0.2) is 0 Å². The van der Waals surface area contributed by atoms with Gasteiger partial charge in [-0.05, 0) is 48.9 Å². The summed E-state index contributed by atoms with van der Waals surface area (Å²) in [5, 5.41) is 9.97. The molecule has 22 heavy (non-hydrogen) atoms. The fourth-order valence-corrected chi connectivity index (χ4v) is 3.00. The lowest BCUT2D eigenvalue weighted by Gasteiger charge is -2.27. The first-order chi connectivity index (χ1) is 10.5. The molecule has 0 aromatic heterocycles. The summed E-state index contributed by atoms with van der Waals surface area (Å²) in [6, 6.07) is 5.47. The molecule has 118 valence electrons. The zero-order valence-electron chi connectivity index (χ0n) is 13.1. The number of benzene rings is 1. The van der Waals surface area contributed by atoms with Gasteiger partial charge in [0, 0.05) is 38.3 Å². The van der Waals surface area contributed by atoms with Gasteiger partial charge in [0.05, 0.1) is 6.10 Å². The minimum absolute atomic E-state index is 0.0814. The van der Waals surface area contributed by atoms with Crippen molar-refractivity contribution in [3.8, 4) is 0 Å². The number of hydrogen-bond acceptors (Lipinski definition) is 3. The van der Waals surface area contributed by atoms with Gasteiger partial charge in [0.2, 0.25) is 5.91 Å². The minimum Gasteiger partial charge on any atom is -0.391 e. The summed E-state index contributed by atoms with van der Waals surface area (Å²) in [7, 11) is 3.49. The molecule has 1 aromatic carbocycles. The van der Waals surface area contributed by atoms with Gasteiger partial charge < -0.3 is 14.9 Å². The van der Waals surface area contributed by atoms with Gasteiger partial charge in [-0.3, -0.25) is 9.59 Å². The van der Waals surface area contributed by atoms with E-state index in [1.807, 2.05) is 12.1 Å². The number of carbonyl (C=O) groups excluding carboxylic acids is 2. The van der Waals surface area contributed by atoms with Crippen LogP contribution in [0.25, 0.3) is 0 Å². The van der Waals surface area contributed by atoms with E-state index in [0.29, 0.717) is 30.9 Å². The molecule has 0 spiro atoms. The second kappa shape index (κ2) is 5.72. The third-order valence-corrected chi connectivity index (χ3v) is 4.64. The smallest absolute Gasteiger partial charge is 0.253 e. The number of aliphatic hydroxyl groups is 1. The van der Waals surface area contributed by atoms with Gasteiger partial charge in [-0.1, -0.05) is 0 Å². The normalized spacial score (nSPS) is 18.9. The molecule has 1 N–H and O–H groups in total. The van der Waals surface area contributed by atoms with Crippen LogP contribution in [0.3, 0.4) is 0 Å². The Morgan fingerprint density at radius 1 is 1.41 bits per heavy atom. The summed E-state index contributed by atoms with van der Waals surface area (Å²) in [5.74, 6) is 0.386. The SMILES string of the molecule is CN(CC(O)C1CC1)C(=O)c1ccc2c(c1)CCC(=O)N2C. The van der Waals surface area contributed by atoms with Crippen molar-refractivity contribution in [2.45, 2.75) is 31.8 Å². The molecule has 1 atom stereocenters. The van der Waals surface area contributed by atoms with Crippen LogP contribution in [-0.2, 0) is 11.2 Å². The molecule has 0 saturated heterocycles. The minimum atomic E-state index is -0.421. The first-order valence-electron chi connectivity index (χ1n) is 7.80. The van der Waals surface area contributed by atoms with Crippen molar-refractivity contribution in [1.29, 1.82) is 0 Å². The number of aliphatic hydroxyl groups excluding tert-OH is 1. The summed E-state index contributed by atoms with van der Waals surface area (Å²) in [5.41, 5.74) is 2.53. The maximum Gasteiger partial charge on any atom is 0.253 e. The van der Waals surface area contributed by atoms with Crippen molar-refractivity contribution in [2.75, 3.05) is 25.5 Å². The average Bonchev–Trinajstić information content (AvgIpc) is 3.34. The van der Waals surface area contributed by atoms with E-state index in [1.54, 1.807) is 30.0 Å². The van der Waals surface area contributed by atoms with Crippen molar-refractivity contribution in [3.63, 3.8) is 0 Å². The van der Waals surface area contributed by atoms with Gasteiger partial charge in [-0.15, -0.1) is 0 Å². The van der Waals surface area contributed by atoms with E-state index in [9.17, 15) is 14.7 Å². The van der Waals surface area contributed by atoms with Gasteiger partial charge in [0.1, 0.15) is 0 Å². The molecule has 1 aromatic rings. The van der Waals surface area contributed by atoms with Gasteiger partial charge >= 0.3 is 0 Å². The number of anilines is 1. The molecule has 1 aliphatic carbocycles. The molecule has 2 amide bonds. The predicted octanol–water partition coefficient (Wildman–Crippen LogP) is 1.44. The number of amides is 2. The summed E-state index contributed by atoms with van der Waals surface area (Å²) in [6.45, 7) is 0.374. The Labute approximate surface area is 130 Å². The summed E-state index contributed by atoms with van der Waals surface area (Å²) < 4.78 is 0. The van der Waals surface area contributed by atoms with Crippen LogP contribution < -0.4 is 4.90 Å². The third-order valence-electron chi connectivity index (χ3n) is 4.64. The number of carbonyl (C=O) groups is 2. The lowest BCUT2D eigenvalue weighted by atomic mass is 9.98. The number of nitrogens with zero attached hydrogens (tertiary/aromatic N) is 2. The number of hydrogen-bond donors (Lipinski definition) is 1. The summed E-state index contributed by atoms with van der Waals surface area (Å²) in [4.78, 5) is 27.4. The molecular formula is C17H22N2O3. The maximum absolute atomic E-state index is 12.5. The van der Waals surface area contributed by atoms with Crippen LogP contribution in [0.2, 0.25) is 0 Å². The van der Waals surface area contributed by atoms with E-state index in [-0.39, 0.29) is 11.8 Å². The number of fused-ring (bicyclic) bond motifs is 1. The standard InChI is InChI=1S/C17H22N2O3/c1-18(10-15(20)11-3-4-11)17(22)13-5-7-14-12(9-13)6-8-16(21)19(14)2/h5,7,9,11,15,20H,3-4,6,8,10H2,1-2H3. The van der Waals surface area contributed by atoms with Crippen LogP contribution >= 0.6 is 0 Å². The largest absolute Gasteiger partial charge is 0.391 e. The maximum atomic E-state index is 12.5. The molecule has 5 heteroatoms. The Bertz CT molecular complexity index is 610. The fourth-order valence-electron chi connectivity index (χ4n) is 3.00. The number of rotatable bonds is 4. The highest BCUT2D eigenvalue weighted by Crippen LogP contribution is 2.33. The highest BCUT2D eigenvalue weighted by molar-refractivity contribution is 5.98. The Morgan fingerprint density at radius 3 is 2.82 bits per heavy atom. The third kappa shape index (κ3) is 2.86. The van der Waals surface area contributed by atoms with Crippen molar-refractivity contribution in [1.82, 2.24) is 4.90 Å². The molecule has 1 unspecified atom stereocenters. The molecule has 2 aliphatic rings. The Morgan fingerprint density at radius 2 is 2.14 bits per heavy atom. The zero-order chi connectivity index (χ0) is 15.9. The Balaban J connectivity index is 1.74. The Hall–Kier alpha value is -1.88. The first kappa shape index (κ1) is 15.0. The second-order valence-corrected chi connectivity index (χ2v) is 6.39. The van der Waals surface area contributed by atoms with Crippen LogP contribution in [0.5, 0.6) is 0 Å². The van der Waals surface area contributed by atoms with E-state index < -0.39 is 6.10 Å². The summed E-state index contributed by atoms with van der Waals surface area (Å²) >= 11 is 0. The second-order valence-electron chi connectivity index (χ2n) is 6.39. The van der Waals surface area contributed by atoms with Gasteiger partial charge in [0.25, 0.3) is 5.91 Å². The highest BCUT2D eigenvalue weighted by Gasteiger charge is 2.31. The number of aryl methyl sites for hydroxylation is 1. The molecule has 1 aliphatic heterocycles.